The summed E-state index contributed by atoms with van der Waals surface area (Å²) in [5, 5.41) is 2.75. The SMILES string of the molecule is CCCCCCCCc1ccc(OCCOCCOCCOCCOCCOCCOCCOCCOCCOCCOCCP(c2ccccc2)c2ccccc2)cc1. The van der Waals surface area contributed by atoms with Crippen LogP contribution in [0.2, 0.25) is 0 Å². The Morgan fingerprint density at radius 3 is 1.05 bits per heavy atom. The van der Waals surface area contributed by atoms with Gasteiger partial charge >= 0.3 is 0 Å². The molecule has 0 amide bonds. The summed E-state index contributed by atoms with van der Waals surface area (Å²) in [6.45, 7) is 13.5. The summed E-state index contributed by atoms with van der Waals surface area (Å²) in [6, 6.07) is 29.8. The second-order valence-corrected chi connectivity index (χ2v) is 16.3. The van der Waals surface area contributed by atoms with Crippen LogP contribution in [0.25, 0.3) is 0 Å². The van der Waals surface area contributed by atoms with E-state index >= 15 is 0 Å². The van der Waals surface area contributed by atoms with Crippen LogP contribution in [0.4, 0.5) is 0 Å². The fraction of sp³-hybridized carbons (Fsp3) is 0.625. The van der Waals surface area contributed by atoms with Crippen LogP contribution < -0.4 is 15.3 Å². The summed E-state index contributed by atoms with van der Waals surface area (Å²) in [7, 11) is -0.432. The quantitative estimate of drug-likeness (QED) is 0.0425. The average Bonchev–Trinajstić information content (AvgIpc) is 3.28. The van der Waals surface area contributed by atoms with Gasteiger partial charge in [-0.25, -0.2) is 0 Å². The first kappa shape index (κ1) is 51.8. The van der Waals surface area contributed by atoms with Crippen molar-refractivity contribution in [2.45, 2.75) is 51.9 Å². The molecule has 0 N–H and O–H groups in total. The fourth-order valence-electron chi connectivity index (χ4n) is 5.94. The molecule has 60 heavy (non-hydrogen) atoms. The zero-order valence-electron chi connectivity index (χ0n) is 36.5. The van der Waals surface area contributed by atoms with E-state index in [2.05, 4.69) is 91.9 Å². The van der Waals surface area contributed by atoms with Crippen LogP contribution in [0.1, 0.15) is 51.0 Å². The fourth-order valence-corrected chi connectivity index (χ4v) is 8.13. The molecule has 3 aromatic rings. The minimum Gasteiger partial charge on any atom is -0.491 e. The van der Waals surface area contributed by atoms with Crippen molar-refractivity contribution in [1.82, 2.24) is 0 Å². The maximum absolute atomic E-state index is 5.88. The van der Waals surface area contributed by atoms with E-state index < -0.39 is 7.92 Å². The molecular formula is C48H75O11P. The lowest BCUT2D eigenvalue weighted by Crippen LogP contribution is -2.17. The minimum atomic E-state index is -0.432. The summed E-state index contributed by atoms with van der Waals surface area (Å²) in [5.74, 6) is 0.886. The zero-order chi connectivity index (χ0) is 42.1. The third kappa shape index (κ3) is 28.9. The summed E-state index contributed by atoms with van der Waals surface area (Å²) < 4.78 is 61.8. The summed E-state index contributed by atoms with van der Waals surface area (Å²) >= 11 is 0. The molecule has 0 radical (unpaired) electrons. The average molecular weight is 859 g/mol. The predicted octanol–water partition coefficient (Wildman–Crippen LogP) is 7.27. The highest BCUT2D eigenvalue weighted by molar-refractivity contribution is 7.73. The van der Waals surface area contributed by atoms with Crippen LogP contribution in [0.15, 0.2) is 84.9 Å². The third-order valence-corrected chi connectivity index (χ3v) is 11.7. The van der Waals surface area contributed by atoms with E-state index in [1.165, 1.54) is 54.7 Å². The molecule has 0 saturated carbocycles. The Labute approximate surface area is 362 Å². The lowest BCUT2D eigenvalue weighted by Gasteiger charge is -2.18. The summed E-state index contributed by atoms with van der Waals surface area (Å²) in [5.41, 5.74) is 1.38. The maximum Gasteiger partial charge on any atom is 0.119 e. The topological polar surface area (TPSA) is 102 Å². The van der Waals surface area contributed by atoms with Crippen molar-refractivity contribution in [3.8, 4) is 5.75 Å². The highest BCUT2D eigenvalue weighted by Gasteiger charge is 2.13. The van der Waals surface area contributed by atoms with Gasteiger partial charge < -0.3 is 52.1 Å². The first-order chi connectivity index (χ1) is 29.9. The number of unbranched alkanes of at least 4 members (excludes halogenated alkanes) is 5. The van der Waals surface area contributed by atoms with Gasteiger partial charge in [0.2, 0.25) is 0 Å². The normalized spacial score (nSPS) is 11.5. The Bertz CT molecular complexity index is 1280. The van der Waals surface area contributed by atoms with Crippen LogP contribution in [-0.4, -0.2) is 145 Å². The van der Waals surface area contributed by atoms with Crippen LogP contribution >= 0.6 is 7.92 Å². The molecule has 0 heterocycles. The first-order valence-corrected chi connectivity index (χ1v) is 23.8. The largest absolute Gasteiger partial charge is 0.491 e. The van der Waals surface area contributed by atoms with Crippen molar-refractivity contribution in [2.24, 2.45) is 0 Å². The maximum atomic E-state index is 5.88. The van der Waals surface area contributed by atoms with Crippen LogP contribution in [-0.2, 0) is 53.8 Å². The lowest BCUT2D eigenvalue weighted by molar-refractivity contribution is -0.0265. The Morgan fingerprint density at radius 2 is 0.667 bits per heavy atom. The Morgan fingerprint density at radius 1 is 0.333 bits per heavy atom. The molecule has 12 heteroatoms. The molecule has 0 fully saturated rings. The minimum absolute atomic E-state index is 0.432. The van der Waals surface area contributed by atoms with Crippen LogP contribution in [0.3, 0.4) is 0 Å². The van der Waals surface area contributed by atoms with E-state index in [4.69, 9.17) is 52.1 Å². The number of aryl methyl sites for hydroxylation is 1. The second kappa shape index (κ2) is 39.3. The summed E-state index contributed by atoms with van der Waals surface area (Å²) in [4.78, 5) is 0. The molecular weight excluding hydrogens is 783 g/mol. The van der Waals surface area contributed by atoms with Crippen molar-refractivity contribution in [1.29, 1.82) is 0 Å². The molecule has 3 aromatic carbocycles. The number of hydrogen-bond donors (Lipinski definition) is 0. The van der Waals surface area contributed by atoms with Gasteiger partial charge in [0.1, 0.15) is 12.4 Å². The first-order valence-electron chi connectivity index (χ1n) is 22.2. The standard InChI is InChI=1S/C48H75O11P/c1-2-3-4-5-6-9-14-45-19-21-46(22-20-45)59-42-41-57-38-37-55-34-33-53-30-29-51-26-25-49-23-24-50-27-28-52-31-32-54-35-36-56-39-40-58-43-44-60(47-15-10-7-11-16-47)48-17-12-8-13-18-48/h7-8,10-13,15-22H,2-6,9,14,23-44H2,1H3. The van der Waals surface area contributed by atoms with Gasteiger partial charge in [-0.05, 0) is 55.2 Å². The number of benzene rings is 3. The smallest absolute Gasteiger partial charge is 0.119 e. The third-order valence-electron chi connectivity index (χ3n) is 9.18. The lowest BCUT2D eigenvalue weighted by atomic mass is 10.0. The molecule has 0 saturated heterocycles. The van der Waals surface area contributed by atoms with Crippen molar-refractivity contribution >= 4 is 18.5 Å². The van der Waals surface area contributed by atoms with Gasteiger partial charge in [0, 0.05) is 0 Å². The van der Waals surface area contributed by atoms with Gasteiger partial charge in [0.15, 0.2) is 0 Å². The van der Waals surface area contributed by atoms with Crippen molar-refractivity contribution in [3.05, 3.63) is 90.5 Å². The highest BCUT2D eigenvalue weighted by atomic mass is 31.1. The van der Waals surface area contributed by atoms with E-state index in [-0.39, 0.29) is 0 Å². The molecule has 3 rings (SSSR count). The van der Waals surface area contributed by atoms with Gasteiger partial charge in [0.05, 0.1) is 132 Å². The van der Waals surface area contributed by atoms with Crippen LogP contribution in [0, 0.1) is 0 Å². The molecule has 0 unspecified atom stereocenters. The molecule has 0 atom stereocenters. The van der Waals surface area contributed by atoms with Crippen LogP contribution in [0.5, 0.6) is 5.75 Å². The van der Waals surface area contributed by atoms with Gasteiger partial charge in [-0.15, -0.1) is 0 Å². The van der Waals surface area contributed by atoms with Gasteiger partial charge in [-0.1, -0.05) is 112 Å². The molecule has 0 spiro atoms. The zero-order valence-corrected chi connectivity index (χ0v) is 37.4. The number of hydrogen-bond acceptors (Lipinski definition) is 11. The van der Waals surface area contributed by atoms with E-state index in [0.717, 1.165) is 18.3 Å². The van der Waals surface area contributed by atoms with Crippen molar-refractivity contribution < 1.29 is 52.1 Å². The Balaban J connectivity index is 0.939. The second-order valence-electron chi connectivity index (χ2n) is 14.0. The highest BCUT2D eigenvalue weighted by Crippen LogP contribution is 2.32. The van der Waals surface area contributed by atoms with Crippen molar-refractivity contribution in [2.75, 3.05) is 145 Å². The molecule has 0 aromatic heterocycles. The molecule has 338 valence electrons. The molecule has 0 aliphatic heterocycles. The van der Waals surface area contributed by atoms with E-state index in [1.54, 1.807) is 0 Å². The molecule has 0 bridgehead atoms. The van der Waals surface area contributed by atoms with Gasteiger partial charge in [0.25, 0.3) is 0 Å². The van der Waals surface area contributed by atoms with Gasteiger partial charge in [-0.3, -0.25) is 0 Å². The van der Waals surface area contributed by atoms with E-state index in [9.17, 15) is 0 Å². The molecule has 0 aliphatic rings. The summed E-state index contributed by atoms with van der Waals surface area (Å²) in [6.07, 6.45) is 10.1. The van der Waals surface area contributed by atoms with E-state index in [1.807, 2.05) is 0 Å². The molecule has 0 aliphatic carbocycles. The van der Waals surface area contributed by atoms with Crippen molar-refractivity contribution in [3.63, 3.8) is 0 Å². The molecule has 11 nitrogen and oxygen atoms in total. The number of ether oxygens (including phenoxy) is 11. The monoisotopic (exact) mass is 859 g/mol. The number of rotatable bonds is 43. The predicted molar refractivity (Wildman–Crippen MR) is 241 cm³/mol. The Hall–Kier alpha value is -2.51. The van der Waals surface area contributed by atoms with E-state index in [0.29, 0.717) is 139 Å². The van der Waals surface area contributed by atoms with Gasteiger partial charge in [-0.2, -0.15) is 0 Å². The Kier molecular flexibility index (Phi) is 34.0.